The summed E-state index contributed by atoms with van der Waals surface area (Å²) in [5.74, 6) is 0. The molecule has 2 rings (SSSR count). The zero-order valence-corrected chi connectivity index (χ0v) is 11.9. The molecule has 0 saturated heterocycles. The standard InChI is InChI=1S/C12H12ClN3S2/c13-10-4-2-1-3-9(10)5-7-16(11(14)17)12-15-6-8-18-12/h1-4,6,8H,5,7H2,(H2,14,17). The molecule has 0 unspecified atom stereocenters. The fraction of sp³-hybridized carbons (Fsp3) is 0.167. The predicted molar refractivity (Wildman–Crippen MR) is 81.4 cm³/mol. The van der Waals surface area contributed by atoms with Gasteiger partial charge < -0.3 is 5.73 Å². The van der Waals surface area contributed by atoms with Crippen molar-refractivity contribution in [2.24, 2.45) is 5.73 Å². The summed E-state index contributed by atoms with van der Waals surface area (Å²) in [4.78, 5) is 6.04. The monoisotopic (exact) mass is 297 g/mol. The van der Waals surface area contributed by atoms with Crippen LogP contribution >= 0.6 is 35.2 Å². The number of halogens is 1. The maximum Gasteiger partial charge on any atom is 0.191 e. The number of nitrogens with two attached hydrogens (primary N) is 1. The lowest BCUT2D eigenvalue weighted by molar-refractivity contribution is 0.930. The Morgan fingerprint density at radius 2 is 2.22 bits per heavy atom. The van der Waals surface area contributed by atoms with Crippen LogP contribution in [-0.2, 0) is 6.42 Å². The van der Waals surface area contributed by atoms with Gasteiger partial charge in [0.15, 0.2) is 10.2 Å². The summed E-state index contributed by atoms with van der Waals surface area (Å²) in [6.07, 6.45) is 2.51. The first-order valence-corrected chi connectivity index (χ1v) is 7.05. The molecule has 94 valence electrons. The maximum atomic E-state index is 6.12. The van der Waals surface area contributed by atoms with Gasteiger partial charge in [0.05, 0.1) is 0 Å². The molecule has 2 N–H and O–H groups in total. The summed E-state index contributed by atoms with van der Waals surface area (Å²) in [5.41, 5.74) is 6.80. The van der Waals surface area contributed by atoms with Gasteiger partial charge in [-0.15, -0.1) is 11.3 Å². The Balaban J connectivity index is 2.08. The van der Waals surface area contributed by atoms with Gasteiger partial charge in [-0.3, -0.25) is 4.90 Å². The molecule has 0 aliphatic rings. The SMILES string of the molecule is NC(=S)N(CCc1ccccc1Cl)c1nccs1. The number of anilines is 1. The van der Waals surface area contributed by atoms with E-state index < -0.39 is 0 Å². The predicted octanol–water partition coefficient (Wildman–Crippen LogP) is 3.09. The Labute approximate surface area is 120 Å². The van der Waals surface area contributed by atoms with Gasteiger partial charge in [0.1, 0.15) is 0 Å². The molecule has 0 atom stereocenters. The lowest BCUT2D eigenvalue weighted by atomic mass is 10.1. The molecular formula is C12H12ClN3S2. The fourth-order valence-electron chi connectivity index (χ4n) is 1.58. The number of rotatable bonds is 4. The largest absolute Gasteiger partial charge is 0.376 e. The molecule has 0 spiro atoms. The minimum Gasteiger partial charge on any atom is -0.376 e. The molecule has 1 heterocycles. The topological polar surface area (TPSA) is 42.1 Å². The third kappa shape index (κ3) is 3.19. The van der Waals surface area contributed by atoms with Gasteiger partial charge >= 0.3 is 0 Å². The quantitative estimate of drug-likeness (QED) is 0.881. The second-order valence-corrected chi connectivity index (χ2v) is 5.34. The first kappa shape index (κ1) is 13.3. The molecule has 0 fully saturated rings. The van der Waals surface area contributed by atoms with Gasteiger partial charge in [-0.25, -0.2) is 4.98 Å². The molecule has 6 heteroatoms. The Hall–Kier alpha value is -1.17. The second kappa shape index (κ2) is 6.13. The van der Waals surface area contributed by atoms with Gasteiger partial charge in [-0.1, -0.05) is 29.8 Å². The molecule has 18 heavy (non-hydrogen) atoms. The number of hydrogen-bond donors (Lipinski definition) is 1. The Morgan fingerprint density at radius 3 is 2.83 bits per heavy atom. The first-order valence-electron chi connectivity index (χ1n) is 5.38. The molecule has 0 bridgehead atoms. The molecule has 0 radical (unpaired) electrons. The van der Waals surface area contributed by atoms with Crippen molar-refractivity contribution in [3.05, 3.63) is 46.4 Å². The lowest BCUT2D eigenvalue weighted by Crippen LogP contribution is -2.37. The van der Waals surface area contributed by atoms with Gasteiger partial charge in [0.2, 0.25) is 0 Å². The van der Waals surface area contributed by atoms with Crippen molar-refractivity contribution < 1.29 is 0 Å². The molecule has 1 aromatic heterocycles. The zero-order chi connectivity index (χ0) is 13.0. The number of thiocarbonyl (C=S) groups is 1. The Morgan fingerprint density at radius 1 is 1.44 bits per heavy atom. The van der Waals surface area contributed by atoms with Crippen molar-refractivity contribution in [3.63, 3.8) is 0 Å². The van der Waals surface area contributed by atoms with Gasteiger partial charge in [-0.2, -0.15) is 0 Å². The van der Waals surface area contributed by atoms with Gasteiger partial charge in [0, 0.05) is 23.1 Å². The minimum absolute atomic E-state index is 0.331. The van der Waals surface area contributed by atoms with E-state index in [1.165, 1.54) is 11.3 Å². The minimum atomic E-state index is 0.331. The zero-order valence-electron chi connectivity index (χ0n) is 9.54. The highest BCUT2D eigenvalue weighted by Gasteiger charge is 2.12. The van der Waals surface area contributed by atoms with Gasteiger partial charge in [-0.05, 0) is 30.3 Å². The molecule has 3 nitrogen and oxygen atoms in total. The van der Waals surface area contributed by atoms with Crippen molar-refractivity contribution in [2.45, 2.75) is 6.42 Å². The highest BCUT2D eigenvalue weighted by atomic mass is 35.5. The van der Waals surface area contributed by atoms with Gasteiger partial charge in [0.25, 0.3) is 0 Å². The molecule has 0 saturated carbocycles. The van der Waals surface area contributed by atoms with E-state index in [9.17, 15) is 0 Å². The van der Waals surface area contributed by atoms with E-state index in [1.54, 1.807) is 6.20 Å². The van der Waals surface area contributed by atoms with Crippen LogP contribution in [0.25, 0.3) is 0 Å². The van der Waals surface area contributed by atoms with E-state index in [4.69, 9.17) is 29.6 Å². The normalized spacial score (nSPS) is 10.3. The van der Waals surface area contributed by atoms with Crippen LogP contribution in [0.4, 0.5) is 5.13 Å². The maximum absolute atomic E-state index is 6.12. The summed E-state index contributed by atoms with van der Waals surface area (Å²) in [6, 6.07) is 7.76. The third-order valence-electron chi connectivity index (χ3n) is 2.48. The number of nitrogens with zero attached hydrogens (tertiary/aromatic N) is 2. The van der Waals surface area contributed by atoms with Crippen LogP contribution in [-0.4, -0.2) is 16.6 Å². The van der Waals surface area contributed by atoms with Crippen molar-refractivity contribution in [3.8, 4) is 0 Å². The molecule has 0 aliphatic heterocycles. The van der Waals surface area contributed by atoms with E-state index >= 15 is 0 Å². The van der Waals surface area contributed by atoms with Crippen LogP contribution in [0.15, 0.2) is 35.8 Å². The smallest absolute Gasteiger partial charge is 0.191 e. The molecule has 0 aliphatic carbocycles. The molecule has 1 aromatic carbocycles. The molecule has 2 aromatic rings. The number of benzene rings is 1. The summed E-state index contributed by atoms with van der Waals surface area (Å²) in [6.45, 7) is 0.673. The summed E-state index contributed by atoms with van der Waals surface area (Å²) in [5, 5.41) is 3.81. The van der Waals surface area contributed by atoms with Crippen molar-refractivity contribution in [1.82, 2.24) is 4.98 Å². The number of aromatic nitrogens is 1. The number of thiazole rings is 1. The highest BCUT2D eigenvalue weighted by molar-refractivity contribution is 7.80. The molecular weight excluding hydrogens is 286 g/mol. The lowest BCUT2D eigenvalue weighted by Gasteiger charge is -2.19. The van der Waals surface area contributed by atoms with E-state index in [-0.39, 0.29) is 0 Å². The van der Waals surface area contributed by atoms with Crippen LogP contribution in [0, 0.1) is 0 Å². The average Bonchev–Trinajstić information content (AvgIpc) is 2.85. The average molecular weight is 298 g/mol. The van der Waals surface area contributed by atoms with E-state index in [0.717, 1.165) is 22.1 Å². The van der Waals surface area contributed by atoms with Crippen LogP contribution < -0.4 is 10.6 Å². The third-order valence-corrected chi connectivity index (χ3v) is 3.86. The van der Waals surface area contributed by atoms with E-state index in [0.29, 0.717) is 11.7 Å². The van der Waals surface area contributed by atoms with Crippen LogP contribution in [0.2, 0.25) is 5.02 Å². The van der Waals surface area contributed by atoms with Crippen LogP contribution in [0.5, 0.6) is 0 Å². The van der Waals surface area contributed by atoms with Crippen LogP contribution in [0.3, 0.4) is 0 Å². The van der Waals surface area contributed by atoms with E-state index in [1.807, 2.05) is 34.5 Å². The van der Waals surface area contributed by atoms with Crippen LogP contribution in [0.1, 0.15) is 5.56 Å². The summed E-state index contributed by atoms with van der Waals surface area (Å²) >= 11 is 12.7. The summed E-state index contributed by atoms with van der Waals surface area (Å²) in [7, 11) is 0. The highest BCUT2D eigenvalue weighted by Crippen LogP contribution is 2.20. The van der Waals surface area contributed by atoms with Crippen molar-refractivity contribution in [1.29, 1.82) is 0 Å². The van der Waals surface area contributed by atoms with E-state index in [2.05, 4.69) is 4.98 Å². The van der Waals surface area contributed by atoms with Crippen molar-refractivity contribution >= 4 is 45.4 Å². The number of hydrogen-bond acceptors (Lipinski definition) is 3. The summed E-state index contributed by atoms with van der Waals surface area (Å²) < 4.78 is 0. The van der Waals surface area contributed by atoms with Crippen molar-refractivity contribution in [2.75, 3.05) is 11.4 Å². The Kier molecular flexibility index (Phi) is 4.52. The molecule has 0 amide bonds. The first-order chi connectivity index (χ1) is 8.68. The fourth-order valence-corrected chi connectivity index (χ4v) is 2.73. The second-order valence-electron chi connectivity index (χ2n) is 3.65. The Bertz CT molecular complexity index is 528.